The Morgan fingerprint density at radius 3 is 2.73 bits per heavy atom. The van der Waals surface area contributed by atoms with Crippen LogP contribution in [0, 0.1) is 6.92 Å². The molecule has 1 aromatic rings. The summed E-state index contributed by atoms with van der Waals surface area (Å²) in [4.78, 5) is 2.21. The monoisotopic (exact) mass is 211 g/mol. The Morgan fingerprint density at radius 1 is 1.60 bits per heavy atom. The number of hydrogen-bond acceptors (Lipinski definition) is 3. The molecule has 86 valence electrons. The third-order valence-corrected chi connectivity index (χ3v) is 2.71. The van der Waals surface area contributed by atoms with Gasteiger partial charge in [-0.1, -0.05) is 0 Å². The maximum atomic E-state index is 9.18. The van der Waals surface area contributed by atoms with Gasteiger partial charge in [0, 0.05) is 31.4 Å². The van der Waals surface area contributed by atoms with Gasteiger partial charge in [0.25, 0.3) is 0 Å². The predicted octanol–water partition coefficient (Wildman–Crippen LogP) is 0.931. The highest BCUT2D eigenvalue weighted by atomic mass is 16.3. The first-order valence-electron chi connectivity index (χ1n) is 5.34. The molecule has 15 heavy (non-hydrogen) atoms. The largest absolute Gasteiger partial charge is 0.393 e. The second-order valence-electron chi connectivity index (χ2n) is 4.25. The molecule has 0 bridgehead atoms. The average Bonchev–Trinajstić information content (AvgIpc) is 2.47. The van der Waals surface area contributed by atoms with Crippen molar-refractivity contribution in [3.63, 3.8) is 0 Å². The molecule has 0 spiro atoms. The summed E-state index contributed by atoms with van der Waals surface area (Å²) in [5.41, 5.74) is 2.46. The molecule has 0 aliphatic rings. The van der Waals surface area contributed by atoms with Crippen molar-refractivity contribution < 1.29 is 5.11 Å². The molecule has 0 saturated heterocycles. The van der Waals surface area contributed by atoms with Crippen molar-refractivity contribution in [2.24, 2.45) is 7.05 Å². The SMILES string of the molecule is Cc1c(CN(C)CCC(C)O)cnn1C. The number of aromatic nitrogens is 2. The van der Waals surface area contributed by atoms with Crippen LogP contribution in [0.3, 0.4) is 0 Å². The zero-order valence-corrected chi connectivity index (χ0v) is 10.1. The van der Waals surface area contributed by atoms with E-state index in [1.165, 1.54) is 11.3 Å². The average molecular weight is 211 g/mol. The second-order valence-corrected chi connectivity index (χ2v) is 4.25. The van der Waals surface area contributed by atoms with Gasteiger partial charge < -0.3 is 10.0 Å². The molecule has 1 atom stereocenters. The number of rotatable bonds is 5. The molecule has 0 aliphatic heterocycles. The van der Waals surface area contributed by atoms with Crippen LogP contribution in [0.15, 0.2) is 6.20 Å². The number of hydrogen-bond donors (Lipinski definition) is 1. The number of nitrogens with zero attached hydrogens (tertiary/aromatic N) is 3. The minimum absolute atomic E-state index is 0.220. The molecule has 0 aromatic carbocycles. The van der Waals surface area contributed by atoms with Gasteiger partial charge in [0.15, 0.2) is 0 Å². The molecule has 1 aromatic heterocycles. The van der Waals surface area contributed by atoms with Crippen molar-refractivity contribution in [2.45, 2.75) is 32.9 Å². The van der Waals surface area contributed by atoms with Gasteiger partial charge in [-0.25, -0.2) is 0 Å². The van der Waals surface area contributed by atoms with Gasteiger partial charge in [0.05, 0.1) is 12.3 Å². The Morgan fingerprint density at radius 2 is 2.27 bits per heavy atom. The van der Waals surface area contributed by atoms with Gasteiger partial charge in [0.1, 0.15) is 0 Å². The molecule has 1 rings (SSSR count). The van der Waals surface area contributed by atoms with Crippen molar-refractivity contribution in [3.8, 4) is 0 Å². The van der Waals surface area contributed by atoms with Crippen LogP contribution < -0.4 is 0 Å². The number of aryl methyl sites for hydroxylation is 1. The standard InChI is InChI=1S/C11H21N3O/c1-9(15)5-6-13(3)8-11-7-12-14(4)10(11)2/h7,9,15H,5-6,8H2,1-4H3. The van der Waals surface area contributed by atoms with E-state index >= 15 is 0 Å². The van der Waals surface area contributed by atoms with Crippen LogP contribution in [0.2, 0.25) is 0 Å². The van der Waals surface area contributed by atoms with Gasteiger partial charge in [-0.2, -0.15) is 5.10 Å². The Balaban J connectivity index is 2.44. The third kappa shape index (κ3) is 3.64. The van der Waals surface area contributed by atoms with Gasteiger partial charge >= 0.3 is 0 Å². The number of aliphatic hydroxyl groups is 1. The molecule has 0 fully saturated rings. The fourth-order valence-corrected chi connectivity index (χ4v) is 1.48. The van der Waals surface area contributed by atoms with Crippen molar-refractivity contribution in [3.05, 3.63) is 17.5 Å². The summed E-state index contributed by atoms with van der Waals surface area (Å²) < 4.78 is 1.89. The van der Waals surface area contributed by atoms with Crippen LogP contribution in [0.1, 0.15) is 24.6 Å². The summed E-state index contributed by atoms with van der Waals surface area (Å²) in [5, 5.41) is 13.4. The van der Waals surface area contributed by atoms with E-state index in [2.05, 4.69) is 24.0 Å². The molecule has 0 radical (unpaired) electrons. The predicted molar refractivity (Wildman–Crippen MR) is 60.6 cm³/mol. The molecule has 0 amide bonds. The third-order valence-electron chi connectivity index (χ3n) is 2.71. The van der Waals surface area contributed by atoms with E-state index in [9.17, 15) is 5.11 Å². The van der Waals surface area contributed by atoms with E-state index in [4.69, 9.17) is 0 Å². The summed E-state index contributed by atoms with van der Waals surface area (Å²) in [6, 6.07) is 0. The highest BCUT2D eigenvalue weighted by Crippen LogP contribution is 2.08. The molecule has 0 aliphatic carbocycles. The van der Waals surface area contributed by atoms with Crippen molar-refractivity contribution in [2.75, 3.05) is 13.6 Å². The van der Waals surface area contributed by atoms with E-state index in [0.717, 1.165) is 19.5 Å². The van der Waals surface area contributed by atoms with Crippen LogP contribution in [-0.4, -0.2) is 39.5 Å². The number of aliphatic hydroxyl groups excluding tert-OH is 1. The van der Waals surface area contributed by atoms with E-state index in [0.29, 0.717) is 0 Å². The molecule has 4 nitrogen and oxygen atoms in total. The summed E-state index contributed by atoms with van der Waals surface area (Å²) >= 11 is 0. The lowest BCUT2D eigenvalue weighted by molar-refractivity contribution is 0.163. The fraction of sp³-hybridized carbons (Fsp3) is 0.727. The van der Waals surface area contributed by atoms with Gasteiger partial charge in [-0.05, 0) is 27.3 Å². The molecule has 4 heteroatoms. The van der Waals surface area contributed by atoms with E-state index in [-0.39, 0.29) is 6.10 Å². The van der Waals surface area contributed by atoms with Crippen LogP contribution in [0.5, 0.6) is 0 Å². The lowest BCUT2D eigenvalue weighted by Gasteiger charge is -2.17. The highest BCUT2D eigenvalue weighted by molar-refractivity contribution is 5.15. The normalized spacial score (nSPS) is 13.5. The smallest absolute Gasteiger partial charge is 0.0537 e. The zero-order chi connectivity index (χ0) is 11.4. The zero-order valence-electron chi connectivity index (χ0n) is 10.1. The van der Waals surface area contributed by atoms with Crippen LogP contribution in [-0.2, 0) is 13.6 Å². The topological polar surface area (TPSA) is 41.3 Å². The van der Waals surface area contributed by atoms with E-state index in [1.54, 1.807) is 0 Å². The highest BCUT2D eigenvalue weighted by Gasteiger charge is 2.07. The quantitative estimate of drug-likeness (QED) is 0.788. The lowest BCUT2D eigenvalue weighted by atomic mass is 10.2. The van der Waals surface area contributed by atoms with Crippen LogP contribution in [0.25, 0.3) is 0 Å². The van der Waals surface area contributed by atoms with Crippen LogP contribution in [0.4, 0.5) is 0 Å². The summed E-state index contributed by atoms with van der Waals surface area (Å²) in [6.45, 7) is 5.70. The first-order valence-corrected chi connectivity index (χ1v) is 5.34. The Bertz CT molecular complexity index is 307. The first kappa shape index (κ1) is 12.2. The molecule has 0 saturated carbocycles. The van der Waals surface area contributed by atoms with Crippen molar-refractivity contribution in [1.82, 2.24) is 14.7 Å². The second kappa shape index (κ2) is 5.28. The Hall–Kier alpha value is -0.870. The van der Waals surface area contributed by atoms with Crippen molar-refractivity contribution in [1.29, 1.82) is 0 Å². The molecule has 1 unspecified atom stereocenters. The minimum Gasteiger partial charge on any atom is -0.393 e. The molecular formula is C11H21N3O. The maximum Gasteiger partial charge on any atom is 0.0537 e. The van der Waals surface area contributed by atoms with Gasteiger partial charge in [-0.3, -0.25) is 4.68 Å². The lowest BCUT2D eigenvalue weighted by Crippen LogP contribution is -2.22. The van der Waals surface area contributed by atoms with Crippen LogP contribution >= 0.6 is 0 Å². The molecular weight excluding hydrogens is 190 g/mol. The summed E-state index contributed by atoms with van der Waals surface area (Å²) in [7, 11) is 4.02. The summed E-state index contributed by atoms with van der Waals surface area (Å²) in [6.07, 6.45) is 2.51. The maximum absolute atomic E-state index is 9.18. The Kier molecular flexibility index (Phi) is 4.29. The van der Waals surface area contributed by atoms with Gasteiger partial charge in [0.2, 0.25) is 0 Å². The fourth-order valence-electron chi connectivity index (χ4n) is 1.48. The summed E-state index contributed by atoms with van der Waals surface area (Å²) in [5.74, 6) is 0. The van der Waals surface area contributed by atoms with E-state index < -0.39 is 0 Å². The van der Waals surface area contributed by atoms with Crippen molar-refractivity contribution >= 4 is 0 Å². The van der Waals surface area contributed by atoms with E-state index in [1.807, 2.05) is 24.9 Å². The first-order chi connectivity index (χ1) is 7.00. The minimum atomic E-state index is -0.220. The molecule has 1 heterocycles. The van der Waals surface area contributed by atoms with Gasteiger partial charge in [-0.15, -0.1) is 0 Å². The Labute approximate surface area is 91.5 Å². The molecule has 1 N–H and O–H groups in total.